The number of piperidine rings is 1. The lowest BCUT2D eigenvalue weighted by Crippen LogP contribution is -2.37. The Morgan fingerprint density at radius 3 is 2.41 bits per heavy atom. The van der Waals surface area contributed by atoms with E-state index in [2.05, 4.69) is 10.4 Å². The third kappa shape index (κ3) is 6.48. The third-order valence-corrected chi connectivity index (χ3v) is 9.30. The predicted octanol–water partition coefficient (Wildman–Crippen LogP) is 3.45. The van der Waals surface area contributed by atoms with Crippen LogP contribution in [0.5, 0.6) is 0 Å². The second-order valence-corrected chi connectivity index (χ2v) is 11.8. The van der Waals surface area contributed by atoms with Crippen LogP contribution in [-0.2, 0) is 14.8 Å². The van der Waals surface area contributed by atoms with Gasteiger partial charge in [0, 0.05) is 44.5 Å². The first-order valence-electron chi connectivity index (χ1n) is 13.6. The second-order valence-electron chi connectivity index (χ2n) is 9.82. The van der Waals surface area contributed by atoms with Crippen molar-refractivity contribution in [1.82, 2.24) is 18.8 Å². The molecule has 0 saturated carbocycles. The van der Waals surface area contributed by atoms with Gasteiger partial charge in [-0.1, -0.05) is 0 Å². The van der Waals surface area contributed by atoms with E-state index < -0.39 is 10.0 Å². The molecule has 2 aromatic heterocycles. The number of aromatic nitrogens is 2. The molecule has 0 atom stereocenters. The number of hydrogen-bond donors (Lipinski definition) is 2. The highest BCUT2D eigenvalue weighted by Crippen LogP contribution is 2.32. The molecule has 1 aliphatic heterocycles. The number of nitrogens with one attached hydrogen (secondary N) is 1. The molecule has 0 aliphatic carbocycles. The quantitative estimate of drug-likeness (QED) is 0.349. The number of fused-ring (bicyclic) bond motifs is 1. The van der Waals surface area contributed by atoms with Crippen molar-refractivity contribution in [3.63, 3.8) is 0 Å². The van der Waals surface area contributed by atoms with Crippen LogP contribution in [0.1, 0.15) is 67.8 Å². The normalized spacial score (nSPS) is 14.9. The average Bonchev–Trinajstić information content (AvgIpc) is 3.37. The summed E-state index contributed by atoms with van der Waals surface area (Å²) >= 11 is 0. The summed E-state index contributed by atoms with van der Waals surface area (Å²) in [5, 5.41) is 7.15. The molecule has 1 saturated heterocycles. The van der Waals surface area contributed by atoms with E-state index in [1.54, 1.807) is 39.9 Å². The molecule has 39 heavy (non-hydrogen) atoms. The topological polar surface area (TPSA) is 130 Å². The molecule has 1 aromatic carbocycles. The molecule has 3 aromatic rings. The maximum absolute atomic E-state index is 13.3. The summed E-state index contributed by atoms with van der Waals surface area (Å²) < 4.78 is 29.8. The summed E-state index contributed by atoms with van der Waals surface area (Å²) in [5.41, 5.74) is 8.47. The third-order valence-electron chi connectivity index (χ3n) is 7.39. The first-order valence-corrected chi connectivity index (χ1v) is 15.1. The number of benzene rings is 1. The molecule has 210 valence electrons. The van der Waals surface area contributed by atoms with Crippen molar-refractivity contribution in [3.8, 4) is 0 Å². The van der Waals surface area contributed by atoms with E-state index in [9.17, 15) is 18.0 Å². The van der Waals surface area contributed by atoms with E-state index in [1.807, 2.05) is 32.2 Å². The summed E-state index contributed by atoms with van der Waals surface area (Å²) in [6.45, 7) is 6.54. The number of carbonyl (C=O) groups is 2. The molecular weight excluding hydrogens is 516 g/mol. The van der Waals surface area contributed by atoms with Gasteiger partial charge >= 0.3 is 0 Å². The molecule has 1 fully saturated rings. The zero-order chi connectivity index (χ0) is 28.0. The Balaban J connectivity index is 1.40. The average molecular weight is 555 g/mol. The number of anilines is 1. The summed E-state index contributed by atoms with van der Waals surface area (Å²) in [4.78, 5) is 27.0. The van der Waals surface area contributed by atoms with Crippen molar-refractivity contribution in [2.24, 2.45) is 5.73 Å². The number of carbonyl (C=O) groups excluding carboxylic acids is 2. The largest absolute Gasteiger partial charge is 0.339 e. The van der Waals surface area contributed by atoms with Crippen molar-refractivity contribution in [2.75, 3.05) is 38.0 Å². The highest BCUT2D eigenvalue weighted by atomic mass is 32.2. The van der Waals surface area contributed by atoms with Crippen LogP contribution in [0.15, 0.2) is 53.7 Å². The molecular formula is C28H38N6O4S. The number of sulfonamides is 1. The molecule has 3 heterocycles. The van der Waals surface area contributed by atoms with Crippen LogP contribution in [-0.4, -0.2) is 71.8 Å². The lowest BCUT2D eigenvalue weighted by Gasteiger charge is -2.31. The molecule has 11 heteroatoms. The zero-order valence-corrected chi connectivity index (χ0v) is 23.5. The fraction of sp³-hybridized carbons (Fsp3) is 0.464. The summed E-state index contributed by atoms with van der Waals surface area (Å²) in [6, 6.07) is 10.3. The Hall–Kier alpha value is -3.28. The molecule has 0 unspecified atom stereocenters. The van der Waals surface area contributed by atoms with Gasteiger partial charge in [-0.25, -0.2) is 12.9 Å². The molecule has 4 rings (SSSR count). The van der Waals surface area contributed by atoms with Crippen molar-refractivity contribution in [1.29, 1.82) is 0 Å². The van der Waals surface area contributed by atoms with E-state index in [0.29, 0.717) is 63.2 Å². The van der Waals surface area contributed by atoms with Crippen LogP contribution in [0, 0.1) is 0 Å². The van der Waals surface area contributed by atoms with Crippen molar-refractivity contribution in [3.05, 3.63) is 59.9 Å². The van der Waals surface area contributed by atoms with Gasteiger partial charge in [0.2, 0.25) is 15.9 Å². The minimum atomic E-state index is -3.65. The van der Waals surface area contributed by atoms with Gasteiger partial charge in [-0.2, -0.15) is 9.40 Å². The van der Waals surface area contributed by atoms with Crippen molar-refractivity contribution >= 4 is 33.0 Å². The van der Waals surface area contributed by atoms with Gasteiger partial charge in [-0.3, -0.25) is 9.59 Å². The number of amides is 2. The highest BCUT2D eigenvalue weighted by molar-refractivity contribution is 7.89. The predicted molar refractivity (Wildman–Crippen MR) is 151 cm³/mol. The zero-order valence-electron chi connectivity index (χ0n) is 22.7. The number of nitrogens with two attached hydrogens (primary N) is 1. The number of pyridine rings is 1. The van der Waals surface area contributed by atoms with Crippen LogP contribution in [0.2, 0.25) is 0 Å². The van der Waals surface area contributed by atoms with Gasteiger partial charge in [0.25, 0.3) is 5.91 Å². The van der Waals surface area contributed by atoms with Gasteiger partial charge in [0.05, 0.1) is 22.2 Å². The lowest BCUT2D eigenvalue weighted by atomic mass is 9.90. The van der Waals surface area contributed by atoms with Gasteiger partial charge in [-0.15, -0.1) is 0 Å². The standard InChI is InChI=1S/C28H38N6O4S/c1-3-32(4-2)28(36)25-20-30-34-18-14-22(19-26(25)34)21-12-16-33(17-13-21)39(37,38)24-10-8-23(9-11-24)31-27(35)7-5-6-15-29/h8-11,14,18-21H,3-7,12-13,15-17,29H2,1-2H3,(H,31,35). The molecule has 3 N–H and O–H groups in total. The van der Waals surface area contributed by atoms with Crippen molar-refractivity contribution in [2.45, 2.75) is 56.8 Å². The molecule has 0 bridgehead atoms. The van der Waals surface area contributed by atoms with Gasteiger partial charge < -0.3 is 16.0 Å². The maximum Gasteiger partial charge on any atom is 0.257 e. The minimum absolute atomic E-state index is 0.0368. The lowest BCUT2D eigenvalue weighted by molar-refractivity contribution is -0.116. The van der Waals surface area contributed by atoms with Gasteiger partial charge in [-0.05, 0) is 94.0 Å². The second kappa shape index (κ2) is 12.7. The smallest absolute Gasteiger partial charge is 0.257 e. The number of unbranched alkanes of at least 4 members (excludes halogenated alkanes) is 1. The van der Waals surface area contributed by atoms with E-state index >= 15 is 0 Å². The number of rotatable bonds is 11. The fourth-order valence-corrected chi connectivity index (χ4v) is 6.51. The number of nitrogens with zero attached hydrogens (tertiary/aromatic N) is 4. The summed E-state index contributed by atoms with van der Waals surface area (Å²) in [6.07, 6.45) is 6.74. The monoisotopic (exact) mass is 554 g/mol. The number of hydrogen-bond acceptors (Lipinski definition) is 6. The summed E-state index contributed by atoms with van der Waals surface area (Å²) in [5.74, 6) is 0.0367. The molecule has 0 radical (unpaired) electrons. The van der Waals surface area contributed by atoms with Gasteiger partial charge in [0.15, 0.2) is 0 Å². The molecule has 2 amide bonds. The minimum Gasteiger partial charge on any atom is -0.339 e. The molecule has 1 aliphatic rings. The first-order chi connectivity index (χ1) is 18.8. The Labute approximate surface area is 230 Å². The van der Waals surface area contributed by atoms with E-state index in [4.69, 9.17) is 5.73 Å². The van der Waals surface area contributed by atoms with Crippen LogP contribution < -0.4 is 11.1 Å². The maximum atomic E-state index is 13.3. The highest BCUT2D eigenvalue weighted by Gasteiger charge is 2.30. The fourth-order valence-electron chi connectivity index (χ4n) is 5.04. The van der Waals surface area contributed by atoms with Crippen LogP contribution in [0.3, 0.4) is 0 Å². The van der Waals surface area contributed by atoms with Crippen molar-refractivity contribution < 1.29 is 18.0 Å². The summed E-state index contributed by atoms with van der Waals surface area (Å²) in [7, 11) is -3.65. The molecule has 0 spiro atoms. The first kappa shape index (κ1) is 28.7. The van der Waals surface area contributed by atoms with Crippen LogP contribution in [0.25, 0.3) is 5.52 Å². The Morgan fingerprint density at radius 2 is 1.77 bits per heavy atom. The van der Waals surface area contributed by atoms with Gasteiger partial charge in [0.1, 0.15) is 0 Å². The molecule has 10 nitrogen and oxygen atoms in total. The Bertz CT molecular complexity index is 1390. The Kier molecular flexibility index (Phi) is 9.36. The van der Waals surface area contributed by atoms with E-state index in [-0.39, 0.29) is 22.6 Å². The van der Waals surface area contributed by atoms with Crippen LogP contribution >= 0.6 is 0 Å². The Morgan fingerprint density at radius 1 is 1.08 bits per heavy atom. The van der Waals surface area contributed by atoms with E-state index in [1.165, 1.54) is 4.31 Å². The SMILES string of the molecule is CCN(CC)C(=O)c1cnn2ccc(C3CCN(S(=O)(=O)c4ccc(NC(=O)CCCCN)cc4)CC3)cc12. The van der Waals surface area contributed by atoms with Crippen LogP contribution in [0.4, 0.5) is 5.69 Å². The van der Waals surface area contributed by atoms with E-state index in [0.717, 1.165) is 23.9 Å².